The predicted molar refractivity (Wildman–Crippen MR) is 78.3 cm³/mol. The Morgan fingerprint density at radius 1 is 1.45 bits per heavy atom. The van der Waals surface area contributed by atoms with Gasteiger partial charge in [0.15, 0.2) is 5.17 Å². The van der Waals surface area contributed by atoms with E-state index in [0.29, 0.717) is 18.1 Å². The van der Waals surface area contributed by atoms with Gasteiger partial charge in [-0.15, -0.1) is 0 Å². The van der Waals surface area contributed by atoms with E-state index in [2.05, 4.69) is 15.0 Å². The van der Waals surface area contributed by atoms with Crippen molar-refractivity contribution in [1.29, 1.82) is 0 Å². The molecular weight excluding hydrogens is 276 g/mol. The van der Waals surface area contributed by atoms with Gasteiger partial charge >= 0.3 is 0 Å². The first-order valence-electron chi connectivity index (χ1n) is 6.64. The van der Waals surface area contributed by atoms with Crippen LogP contribution in [0.15, 0.2) is 22.3 Å². The molecule has 0 atom stereocenters. The van der Waals surface area contributed by atoms with Crippen LogP contribution in [0.5, 0.6) is 0 Å². The van der Waals surface area contributed by atoms with Gasteiger partial charge in [-0.05, 0) is 24.8 Å². The van der Waals surface area contributed by atoms with Crippen molar-refractivity contribution in [2.75, 3.05) is 26.3 Å². The van der Waals surface area contributed by atoms with E-state index in [4.69, 9.17) is 4.74 Å². The van der Waals surface area contributed by atoms with Gasteiger partial charge in [-0.2, -0.15) is 10.1 Å². The van der Waals surface area contributed by atoms with Gasteiger partial charge in [0, 0.05) is 31.4 Å². The number of carbonyl (C=O) groups is 1. The molecule has 1 saturated heterocycles. The Bertz CT molecular complexity index is 573. The summed E-state index contributed by atoms with van der Waals surface area (Å²) in [6.45, 7) is 5.81. The number of nitrogens with zero attached hydrogens (tertiary/aromatic N) is 4. The molecule has 1 amide bonds. The average molecular weight is 292 g/mol. The van der Waals surface area contributed by atoms with Gasteiger partial charge in [0.05, 0.1) is 24.3 Å². The van der Waals surface area contributed by atoms with E-state index in [1.165, 1.54) is 11.8 Å². The maximum Gasteiger partial charge on any atom is 0.286 e. The topological polar surface area (TPSA) is 59.7 Å². The molecule has 0 aliphatic carbocycles. The van der Waals surface area contributed by atoms with Crippen LogP contribution < -0.4 is 0 Å². The van der Waals surface area contributed by atoms with E-state index < -0.39 is 0 Å². The third kappa shape index (κ3) is 2.78. The fourth-order valence-electron chi connectivity index (χ4n) is 2.07. The smallest absolute Gasteiger partial charge is 0.286 e. The number of aryl methyl sites for hydroxylation is 1. The van der Waals surface area contributed by atoms with Crippen molar-refractivity contribution in [3.05, 3.63) is 22.9 Å². The first kappa shape index (κ1) is 13.4. The highest BCUT2D eigenvalue weighted by Gasteiger charge is 2.27. The van der Waals surface area contributed by atoms with Gasteiger partial charge < -0.3 is 9.64 Å². The molecule has 3 heterocycles. The molecule has 6 nitrogen and oxygen atoms in total. The quantitative estimate of drug-likeness (QED) is 0.767. The first-order valence-corrected chi connectivity index (χ1v) is 7.45. The Hall–Kier alpha value is -1.60. The van der Waals surface area contributed by atoms with Crippen LogP contribution in [0.3, 0.4) is 0 Å². The standard InChI is InChI=1S/C13H16N4O2S/c1-2-17-9-10(8-14-17)7-11-12(18)15-13(20-11)16-3-5-19-6-4-16/h7-9H,2-6H2,1H3. The van der Waals surface area contributed by atoms with Crippen LogP contribution in [0, 0.1) is 0 Å². The number of morpholine rings is 1. The van der Waals surface area contributed by atoms with Crippen molar-refractivity contribution in [3.8, 4) is 0 Å². The van der Waals surface area contributed by atoms with Crippen molar-refractivity contribution in [1.82, 2.24) is 14.7 Å². The predicted octanol–water partition coefficient (Wildman–Crippen LogP) is 1.21. The summed E-state index contributed by atoms with van der Waals surface area (Å²) in [6.07, 6.45) is 5.54. The highest BCUT2D eigenvalue weighted by molar-refractivity contribution is 8.18. The number of rotatable bonds is 2. The molecule has 0 N–H and O–H groups in total. The number of thioether (sulfide) groups is 1. The molecule has 1 aromatic heterocycles. The fourth-order valence-corrected chi connectivity index (χ4v) is 3.03. The summed E-state index contributed by atoms with van der Waals surface area (Å²) in [7, 11) is 0. The third-order valence-corrected chi connectivity index (χ3v) is 4.21. The van der Waals surface area contributed by atoms with E-state index in [1.54, 1.807) is 6.20 Å². The highest BCUT2D eigenvalue weighted by atomic mass is 32.2. The second kappa shape index (κ2) is 5.80. The molecule has 2 aliphatic rings. The van der Waals surface area contributed by atoms with Crippen LogP contribution in [-0.4, -0.2) is 52.1 Å². The van der Waals surface area contributed by atoms with Gasteiger partial charge in [0.25, 0.3) is 5.91 Å². The molecule has 1 fully saturated rings. The molecule has 3 rings (SSSR count). The number of aliphatic imine (C=N–C) groups is 1. The Morgan fingerprint density at radius 2 is 2.25 bits per heavy atom. The Balaban J connectivity index is 1.72. The van der Waals surface area contributed by atoms with E-state index in [1.807, 2.05) is 23.9 Å². The van der Waals surface area contributed by atoms with Crippen molar-refractivity contribution in [3.63, 3.8) is 0 Å². The van der Waals surface area contributed by atoms with Gasteiger partial charge in [-0.3, -0.25) is 9.48 Å². The minimum absolute atomic E-state index is 0.166. The van der Waals surface area contributed by atoms with Gasteiger partial charge in [0.1, 0.15) is 0 Å². The molecule has 0 aromatic carbocycles. The van der Waals surface area contributed by atoms with E-state index >= 15 is 0 Å². The Kier molecular flexibility index (Phi) is 3.88. The lowest BCUT2D eigenvalue weighted by Gasteiger charge is -2.27. The zero-order valence-corrected chi connectivity index (χ0v) is 12.1. The van der Waals surface area contributed by atoms with Crippen molar-refractivity contribution < 1.29 is 9.53 Å². The van der Waals surface area contributed by atoms with E-state index in [9.17, 15) is 4.79 Å². The number of amidine groups is 1. The minimum atomic E-state index is -0.166. The molecule has 0 spiro atoms. The normalized spacial score (nSPS) is 21.6. The highest BCUT2D eigenvalue weighted by Crippen LogP contribution is 2.30. The molecule has 0 saturated carbocycles. The minimum Gasteiger partial charge on any atom is -0.378 e. The SMILES string of the molecule is CCn1cc(C=C2SC(N3CCOCC3)=NC2=O)cn1. The second-order valence-electron chi connectivity index (χ2n) is 4.54. The lowest BCUT2D eigenvalue weighted by molar-refractivity contribution is -0.113. The van der Waals surface area contributed by atoms with Crippen molar-refractivity contribution in [2.45, 2.75) is 13.5 Å². The summed E-state index contributed by atoms with van der Waals surface area (Å²) in [5.74, 6) is -0.166. The third-order valence-electron chi connectivity index (χ3n) is 3.17. The first-order chi connectivity index (χ1) is 9.76. The van der Waals surface area contributed by atoms with Crippen LogP contribution in [0.25, 0.3) is 6.08 Å². The number of ether oxygens (including phenoxy) is 1. The van der Waals surface area contributed by atoms with E-state index in [0.717, 1.165) is 30.4 Å². The summed E-state index contributed by atoms with van der Waals surface area (Å²) in [5, 5.41) is 4.98. The summed E-state index contributed by atoms with van der Waals surface area (Å²) in [4.78, 5) is 18.8. The summed E-state index contributed by atoms with van der Waals surface area (Å²) in [6, 6.07) is 0. The monoisotopic (exact) mass is 292 g/mol. The average Bonchev–Trinajstić information content (AvgIpc) is 3.08. The molecule has 2 aliphatic heterocycles. The summed E-state index contributed by atoms with van der Waals surface area (Å²) >= 11 is 1.43. The van der Waals surface area contributed by atoms with Crippen LogP contribution in [0.2, 0.25) is 0 Å². The second-order valence-corrected chi connectivity index (χ2v) is 5.55. The molecule has 0 radical (unpaired) electrons. The molecule has 0 unspecified atom stereocenters. The largest absolute Gasteiger partial charge is 0.378 e. The molecule has 1 aromatic rings. The summed E-state index contributed by atoms with van der Waals surface area (Å²) < 4.78 is 7.14. The Labute approximate surface area is 121 Å². The van der Waals surface area contributed by atoms with E-state index in [-0.39, 0.29) is 5.91 Å². The maximum atomic E-state index is 11.9. The number of hydrogen-bond donors (Lipinski definition) is 0. The molecule has 7 heteroatoms. The van der Waals surface area contributed by atoms with Crippen molar-refractivity contribution in [2.24, 2.45) is 4.99 Å². The lowest BCUT2D eigenvalue weighted by Crippen LogP contribution is -2.38. The summed E-state index contributed by atoms with van der Waals surface area (Å²) in [5.41, 5.74) is 0.932. The van der Waals surface area contributed by atoms with Crippen LogP contribution >= 0.6 is 11.8 Å². The molecular formula is C13H16N4O2S. The van der Waals surface area contributed by atoms with Gasteiger partial charge in [-0.1, -0.05) is 0 Å². The van der Waals surface area contributed by atoms with Crippen LogP contribution in [-0.2, 0) is 16.1 Å². The van der Waals surface area contributed by atoms with Crippen LogP contribution in [0.1, 0.15) is 12.5 Å². The number of hydrogen-bond acceptors (Lipinski definition) is 5. The number of aromatic nitrogens is 2. The molecule has 20 heavy (non-hydrogen) atoms. The van der Waals surface area contributed by atoms with Gasteiger partial charge in [-0.25, -0.2) is 0 Å². The number of amides is 1. The van der Waals surface area contributed by atoms with Crippen LogP contribution in [0.4, 0.5) is 0 Å². The molecule has 106 valence electrons. The number of carbonyl (C=O) groups excluding carboxylic acids is 1. The maximum absolute atomic E-state index is 11.9. The van der Waals surface area contributed by atoms with Crippen molar-refractivity contribution >= 4 is 28.9 Å². The lowest BCUT2D eigenvalue weighted by atomic mass is 10.3. The van der Waals surface area contributed by atoms with Gasteiger partial charge in [0.2, 0.25) is 0 Å². The zero-order valence-electron chi connectivity index (χ0n) is 11.3. The Morgan fingerprint density at radius 3 is 2.95 bits per heavy atom. The zero-order chi connectivity index (χ0) is 13.9. The fraction of sp³-hybridized carbons (Fsp3) is 0.462. The molecule has 0 bridgehead atoms.